The fraction of sp³-hybridized carbons (Fsp3) is 0.591. The van der Waals surface area contributed by atoms with E-state index < -0.39 is 0 Å². The van der Waals surface area contributed by atoms with Crippen molar-refractivity contribution in [2.24, 2.45) is 10.9 Å². The number of hydrogen-bond acceptors (Lipinski definition) is 3. The second-order valence-electron chi connectivity index (χ2n) is 8.01. The molecule has 2 saturated heterocycles. The van der Waals surface area contributed by atoms with Crippen molar-refractivity contribution in [3.05, 3.63) is 29.8 Å². The maximum atomic E-state index is 12.4. The molecule has 0 saturated carbocycles. The summed E-state index contributed by atoms with van der Waals surface area (Å²) < 4.78 is 0. The Balaban J connectivity index is 1.40. The maximum Gasteiger partial charge on any atom is 0.227 e. The minimum absolute atomic E-state index is 0.203. The Labute approximate surface area is 173 Å². The Bertz CT molecular complexity index is 731. The van der Waals surface area contributed by atoms with Gasteiger partial charge in [-0.25, -0.2) is 0 Å². The molecule has 0 spiro atoms. The number of benzene rings is 1. The summed E-state index contributed by atoms with van der Waals surface area (Å²) in [5.41, 5.74) is 2.08. The number of anilines is 1. The highest BCUT2D eigenvalue weighted by Gasteiger charge is 2.22. The first-order chi connectivity index (χ1) is 14.1. The molecule has 29 heavy (non-hydrogen) atoms. The molecule has 0 aromatic heterocycles. The molecule has 7 nitrogen and oxygen atoms in total. The van der Waals surface area contributed by atoms with Gasteiger partial charge in [-0.15, -0.1) is 0 Å². The number of hydrogen-bond donors (Lipinski definition) is 2. The lowest BCUT2D eigenvalue weighted by atomic mass is 10.00. The molecular weight excluding hydrogens is 366 g/mol. The highest BCUT2D eigenvalue weighted by atomic mass is 16.2. The minimum Gasteiger partial charge on any atom is -0.356 e. The number of carbonyl (C=O) groups excluding carboxylic acids is 2. The van der Waals surface area contributed by atoms with Crippen LogP contribution < -0.4 is 15.5 Å². The van der Waals surface area contributed by atoms with E-state index in [4.69, 9.17) is 0 Å². The summed E-state index contributed by atoms with van der Waals surface area (Å²) in [5, 5.41) is 6.50. The van der Waals surface area contributed by atoms with Crippen LogP contribution in [0.5, 0.6) is 0 Å². The van der Waals surface area contributed by atoms with Crippen LogP contribution in [0.3, 0.4) is 0 Å². The van der Waals surface area contributed by atoms with Crippen molar-refractivity contribution in [1.82, 2.24) is 15.5 Å². The first-order valence-electron chi connectivity index (χ1n) is 10.7. The predicted molar refractivity (Wildman–Crippen MR) is 116 cm³/mol. The fourth-order valence-corrected chi connectivity index (χ4v) is 3.98. The number of nitrogens with one attached hydrogen (secondary N) is 2. The Morgan fingerprint density at radius 2 is 1.97 bits per heavy atom. The normalized spacial score (nSPS) is 20.1. The van der Waals surface area contributed by atoms with E-state index >= 15 is 0 Å². The van der Waals surface area contributed by atoms with E-state index in [0.717, 1.165) is 43.7 Å². The summed E-state index contributed by atoms with van der Waals surface area (Å²) >= 11 is 0. The van der Waals surface area contributed by atoms with Gasteiger partial charge >= 0.3 is 0 Å². The van der Waals surface area contributed by atoms with Crippen molar-refractivity contribution in [3.63, 3.8) is 0 Å². The van der Waals surface area contributed by atoms with Gasteiger partial charge < -0.3 is 20.4 Å². The number of nitrogens with zero attached hydrogens (tertiary/aromatic N) is 3. The van der Waals surface area contributed by atoms with Crippen molar-refractivity contribution < 1.29 is 9.59 Å². The van der Waals surface area contributed by atoms with Crippen molar-refractivity contribution in [3.8, 4) is 0 Å². The Hall–Kier alpha value is -2.57. The summed E-state index contributed by atoms with van der Waals surface area (Å²) in [6.07, 6.45) is 4.38. The molecule has 0 aliphatic carbocycles. The third kappa shape index (κ3) is 5.95. The molecule has 0 bridgehead atoms. The quantitative estimate of drug-likeness (QED) is 0.568. The zero-order valence-corrected chi connectivity index (χ0v) is 17.6. The predicted octanol–water partition coefficient (Wildman–Crippen LogP) is 2.13. The zero-order valence-electron chi connectivity index (χ0n) is 17.6. The van der Waals surface area contributed by atoms with E-state index in [-0.39, 0.29) is 11.8 Å². The largest absolute Gasteiger partial charge is 0.356 e. The van der Waals surface area contributed by atoms with Gasteiger partial charge in [0.25, 0.3) is 0 Å². The highest BCUT2D eigenvalue weighted by Crippen LogP contribution is 2.21. The summed E-state index contributed by atoms with van der Waals surface area (Å²) in [4.78, 5) is 32.3. The van der Waals surface area contributed by atoms with E-state index in [2.05, 4.69) is 22.5 Å². The summed E-state index contributed by atoms with van der Waals surface area (Å²) in [7, 11) is 1.73. The zero-order chi connectivity index (χ0) is 20.6. The van der Waals surface area contributed by atoms with E-state index in [1.165, 1.54) is 6.42 Å². The Morgan fingerprint density at radius 1 is 1.17 bits per heavy atom. The topological polar surface area (TPSA) is 77.0 Å². The molecule has 7 heteroatoms. The van der Waals surface area contributed by atoms with Gasteiger partial charge in [0.05, 0.1) is 0 Å². The number of carbonyl (C=O) groups is 2. The molecule has 1 aromatic carbocycles. The van der Waals surface area contributed by atoms with Gasteiger partial charge in [0.2, 0.25) is 11.8 Å². The SMILES string of the molecule is CN=C(NCCC(=O)N1CCCC(C)C1)NCc1ccc(N2CCCC2=O)cc1. The summed E-state index contributed by atoms with van der Waals surface area (Å²) in [6.45, 7) is 5.98. The lowest BCUT2D eigenvalue weighted by Crippen LogP contribution is -2.42. The van der Waals surface area contributed by atoms with Crippen molar-refractivity contribution >= 4 is 23.5 Å². The number of piperidine rings is 1. The van der Waals surface area contributed by atoms with E-state index in [1.807, 2.05) is 34.1 Å². The molecule has 2 amide bonds. The average Bonchev–Trinajstić information content (AvgIpc) is 3.16. The van der Waals surface area contributed by atoms with Crippen LogP contribution in [0.15, 0.2) is 29.3 Å². The summed E-state index contributed by atoms with van der Waals surface area (Å²) in [6, 6.07) is 8.05. The van der Waals surface area contributed by atoms with Gasteiger partial charge in [0, 0.05) is 58.3 Å². The van der Waals surface area contributed by atoms with Crippen LogP contribution in [0.2, 0.25) is 0 Å². The van der Waals surface area contributed by atoms with E-state index in [1.54, 1.807) is 7.05 Å². The van der Waals surface area contributed by atoms with Crippen LogP contribution in [-0.4, -0.2) is 55.9 Å². The molecule has 1 unspecified atom stereocenters. The van der Waals surface area contributed by atoms with Gasteiger partial charge in [-0.2, -0.15) is 0 Å². The molecule has 3 rings (SSSR count). The van der Waals surface area contributed by atoms with E-state index in [0.29, 0.717) is 37.8 Å². The fourth-order valence-electron chi connectivity index (χ4n) is 3.98. The molecule has 2 N–H and O–H groups in total. The van der Waals surface area contributed by atoms with Crippen LogP contribution in [0.25, 0.3) is 0 Å². The first-order valence-corrected chi connectivity index (χ1v) is 10.7. The maximum absolute atomic E-state index is 12.4. The Morgan fingerprint density at radius 3 is 2.62 bits per heavy atom. The molecule has 1 aromatic rings. The van der Waals surface area contributed by atoms with Gasteiger partial charge in [-0.3, -0.25) is 14.6 Å². The third-order valence-electron chi connectivity index (χ3n) is 5.65. The molecule has 2 heterocycles. The molecule has 2 fully saturated rings. The molecule has 1 atom stereocenters. The number of likely N-dealkylation sites (tertiary alicyclic amines) is 1. The van der Waals surface area contributed by atoms with Crippen LogP contribution in [0, 0.1) is 5.92 Å². The monoisotopic (exact) mass is 399 g/mol. The second kappa shape index (κ2) is 10.3. The van der Waals surface area contributed by atoms with Crippen LogP contribution >= 0.6 is 0 Å². The van der Waals surface area contributed by atoms with Crippen molar-refractivity contribution in [1.29, 1.82) is 0 Å². The lowest BCUT2D eigenvalue weighted by molar-refractivity contribution is -0.132. The van der Waals surface area contributed by atoms with Gasteiger partial charge in [0.1, 0.15) is 0 Å². The molecule has 0 radical (unpaired) electrons. The van der Waals surface area contributed by atoms with Gasteiger partial charge in [-0.1, -0.05) is 19.1 Å². The summed E-state index contributed by atoms with van der Waals surface area (Å²) in [5.74, 6) is 1.70. The second-order valence-corrected chi connectivity index (χ2v) is 8.01. The highest BCUT2D eigenvalue weighted by molar-refractivity contribution is 5.95. The Kier molecular flexibility index (Phi) is 7.49. The number of rotatable bonds is 6. The van der Waals surface area contributed by atoms with Crippen LogP contribution in [0.4, 0.5) is 5.69 Å². The average molecular weight is 400 g/mol. The molecule has 2 aliphatic heterocycles. The van der Waals surface area contributed by atoms with Gasteiger partial charge in [-0.05, 0) is 42.9 Å². The standard InChI is InChI=1S/C22H33N5O2/c1-17-5-3-13-26(16-17)20(28)11-12-24-22(23-2)25-15-18-7-9-19(10-8-18)27-14-4-6-21(27)29/h7-10,17H,3-6,11-16H2,1-2H3,(H2,23,24,25). The minimum atomic E-state index is 0.203. The molecule has 158 valence electrons. The number of guanidine groups is 1. The van der Waals surface area contributed by atoms with Crippen molar-refractivity contribution in [2.75, 3.05) is 38.1 Å². The molecular formula is C22H33N5O2. The third-order valence-corrected chi connectivity index (χ3v) is 5.65. The lowest BCUT2D eigenvalue weighted by Gasteiger charge is -2.31. The first kappa shape index (κ1) is 21.1. The smallest absolute Gasteiger partial charge is 0.227 e. The molecule has 2 aliphatic rings. The van der Waals surface area contributed by atoms with Crippen LogP contribution in [0.1, 0.15) is 44.6 Å². The van der Waals surface area contributed by atoms with Gasteiger partial charge in [0.15, 0.2) is 5.96 Å². The van der Waals surface area contributed by atoms with Crippen LogP contribution in [-0.2, 0) is 16.1 Å². The van der Waals surface area contributed by atoms with Crippen molar-refractivity contribution in [2.45, 2.75) is 45.6 Å². The van der Waals surface area contributed by atoms with E-state index in [9.17, 15) is 9.59 Å². The number of aliphatic imine (C=N–C) groups is 1. The number of amides is 2.